The highest BCUT2D eigenvalue weighted by atomic mass is 19.1. The summed E-state index contributed by atoms with van der Waals surface area (Å²) in [4.78, 5) is 16.1. The normalized spacial score (nSPS) is 13.7. The number of carbonyl (C=O) groups is 1. The average Bonchev–Trinajstić information content (AvgIpc) is 3.32. The number of hydrogen-bond acceptors (Lipinski definition) is 3. The molecule has 1 amide bonds. The van der Waals surface area contributed by atoms with E-state index in [0.717, 1.165) is 24.0 Å². The second-order valence-corrected chi connectivity index (χ2v) is 5.60. The quantitative estimate of drug-likeness (QED) is 0.892. The molecule has 1 aliphatic carbocycles. The Morgan fingerprint density at radius 3 is 2.82 bits per heavy atom. The minimum atomic E-state index is -0.248. The molecule has 0 saturated heterocycles. The van der Waals surface area contributed by atoms with Crippen molar-refractivity contribution in [2.24, 2.45) is 0 Å². The maximum Gasteiger partial charge on any atom is 0.253 e. The molecule has 1 saturated carbocycles. The maximum absolute atomic E-state index is 13.2. The van der Waals surface area contributed by atoms with Crippen LogP contribution in [0.3, 0.4) is 0 Å². The lowest BCUT2D eigenvalue weighted by molar-refractivity contribution is 0.0951. The highest BCUT2D eigenvalue weighted by Gasteiger charge is 2.23. The van der Waals surface area contributed by atoms with Crippen molar-refractivity contribution >= 4 is 11.7 Å². The molecule has 2 N–H and O–H groups in total. The van der Waals surface area contributed by atoms with Crippen LogP contribution < -0.4 is 10.6 Å². The number of carbonyl (C=O) groups excluding carboxylic acids is 1. The number of pyridine rings is 1. The van der Waals surface area contributed by atoms with E-state index in [9.17, 15) is 9.18 Å². The summed E-state index contributed by atoms with van der Waals surface area (Å²) in [5, 5.41) is 6.06. The van der Waals surface area contributed by atoms with Crippen molar-refractivity contribution in [3.05, 3.63) is 59.0 Å². The molecular formula is C17H18FN3O. The minimum Gasteiger partial charge on any atom is -0.366 e. The van der Waals surface area contributed by atoms with E-state index in [0.29, 0.717) is 24.0 Å². The SMILES string of the molecule is Cc1ccc(F)cc1CNc1ccc(C(=O)NC2CC2)cn1. The van der Waals surface area contributed by atoms with Crippen LogP contribution in [0.25, 0.3) is 0 Å². The summed E-state index contributed by atoms with van der Waals surface area (Å²) in [5.74, 6) is 0.330. The van der Waals surface area contributed by atoms with Gasteiger partial charge in [0.05, 0.1) is 5.56 Å². The molecule has 2 aromatic rings. The van der Waals surface area contributed by atoms with Gasteiger partial charge in [0, 0.05) is 18.8 Å². The molecule has 4 nitrogen and oxygen atoms in total. The van der Waals surface area contributed by atoms with E-state index in [4.69, 9.17) is 0 Å². The van der Waals surface area contributed by atoms with E-state index in [1.807, 2.05) is 6.92 Å². The Bertz CT molecular complexity index is 681. The van der Waals surface area contributed by atoms with Gasteiger partial charge in [0.2, 0.25) is 0 Å². The molecule has 0 radical (unpaired) electrons. The van der Waals surface area contributed by atoms with Crippen LogP contribution in [0.15, 0.2) is 36.5 Å². The smallest absolute Gasteiger partial charge is 0.253 e. The second-order valence-electron chi connectivity index (χ2n) is 5.60. The van der Waals surface area contributed by atoms with Crippen molar-refractivity contribution in [3.63, 3.8) is 0 Å². The number of nitrogens with zero attached hydrogens (tertiary/aromatic N) is 1. The summed E-state index contributed by atoms with van der Waals surface area (Å²) in [6.07, 6.45) is 3.68. The van der Waals surface area contributed by atoms with Gasteiger partial charge in [-0.25, -0.2) is 9.37 Å². The van der Waals surface area contributed by atoms with Gasteiger partial charge in [0.1, 0.15) is 11.6 Å². The standard InChI is InChI=1S/C17H18FN3O/c1-11-2-4-14(18)8-13(11)10-20-16-7-3-12(9-19-16)17(22)21-15-5-6-15/h2-4,7-9,15H,5-6,10H2,1H3,(H,19,20)(H,21,22). The molecule has 0 atom stereocenters. The molecule has 5 heteroatoms. The molecule has 0 bridgehead atoms. The van der Waals surface area contributed by atoms with Gasteiger partial charge in [0.15, 0.2) is 0 Å². The fourth-order valence-corrected chi connectivity index (χ4v) is 2.15. The van der Waals surface area contributed by atoms with E-state index < -0.39 is 0 Å². The molecule has 3 rings (SSSR count). The van der Waals surface area contributed by atoms with Crippen LogP contribution in [-0.2, 0) is 6.54 Å². The largest absolute Gasteiger partial charge is 0.366 e. The number of amides is 1. The molecule has 0 spiro atoms. The summed E-state index contributed by atoms with van der Waals surface area (Å²) < 4.78 is 13.2. The first-order valence-corrected chi connectivity index (χ1v) is 7.37. The Balaban J connectivity index is 1.60. The van der Waals surface area contributed by atoms with Crippen LogP contribution in [-0.4, -0.2) is 16.9 Å². The summed E-state index contributed by atoms with van der Waals surface area (Å²) in [7, 11) is 0. The van der Waals surface area contributed by atoms with Gasteiger partial charge in [-0.3, -0.25) is 4.79 Å². The first-order valence-electron chi connectivity index (χ1n) is 7.37. The second kappa shape index (κ2) is 6.13. The zero-order chi connectivity index (χ0) is 15.5. The van der Waals surface area contributed by atoms with E-state index in [1.54, 1.807) is 24.4 Å². The Labute approximate surface area is 128 Å². The third kappa shape index (κ3) is 3.61. The Morgan fingerprint density at radius 2 is 2.14 bits per heavy atom. The van der Waals surface area contributed by atoms with Gasteiger partial charge in [-0.05, 0) is 55.2 Å². The topological polar surface area (TPSA) is 54.0 Å². The van der Waals surface area contributed by atoms with Gasteiger partial charge >= 0.3 is 0 Å². The Hall–Kier alpha value is -2.43. The zero-order valence-electron chi connectivity index (χ0n) is 12.4. The summed E-state index contributed by atoms with van der Waals surface area (Å²) in [5.41, 5.74) is 2.46. The van der Waals surface area contributed by atoms with Crippen molar-refractivity contribution in [2.75, 3.05) is 5.32 Å². The zero-order valence-corrected chi connectivity index (χ0v) is 12.4. The summed E-state index contributed by atoms with van der Waals surface area (Å²) in [6, 6.07) is 8.55. The third-order valence-corrected chi connectivity index (χ3v) is 3.71. The molecular weight excluding hydrogens is 281 g/mol. The van der Waals surface area contributed by atoms with Crippen molar-refractivity contribution in [2.45, 2.75) is 32.4 Å². The van der Waals surface area contributed by atoms with E-state index in [-0.39, 0.29) is 11.7 Å². The summed E-state index contributed by atoms with van der Waals surface area (Å²) in [6.45, 7) is 2.43. The number of rotatable bonds is 5. The van der Waals surface area contributed by atoms with Crippen LogP contribution >= 0.6 is 0 Å². The van der Waals surface area contributed by atoms with E-state index in [2.05, 4.69) is 15.6 Å². The van der Waals surface area contributed by atoms with Gasteiger partial charge < -0.3 is 10.6 Å². The third-order valence-electron chi connectivity index (χ3n) is 3.71. The molecule has 1 fully saturated rings. The lowest BCUT2D eigenvalue weighted by Crippen LogP contribution is -2.25. The summed E-state index contributed by atoms with van der Waals surface area (Å²) >= 11 is 0. The van der Waals surface area contributed by atoms with Gasteiger partial charge in [-0.1, -0.05) is 6.07 Å². The van der Waals surface area contributed by atoms with Crippen molar-refractivity contribution in [1.82, 2.24) is 10.3 Å². The number of aromatic nitrogens is 1. The van der Waals surface area contributed by atoms with Crippen LogP contribution in [0.2, 0.25) is 0 Å². The highest BCUT2D eigenvalue weighted by molar-refractivity contribution is 5.94. The fraction of sp³-hybridized carbons (Fsp3) is 0.294. The molecule has 22 heavy (non-hydrogen) atoms. The lowest BCUT2D eigenvalue weighted by Gasteiger charge is -2.09. The molecule has 0 aliphatic heterocycles. The van der Waals surface area contributed by atoms with Crippen LogP contribution in [0.4, 0.5) is 10.2 Å². The number of hydrogen-bond donors (Lipinski definition) is 2. The highest BCUT2D eigenvalue weighted by Crippen LogP contribution is 2.19. The van der Waals surface area contributed by atoms with Crippen LogP contribution in [0, 0.1) is 12.7 Å². The van der Waals surface area contributed by atoms with Crippen LogP contribution in [0.1, 0.15) is 34.3 Å². The van der Waals surface area contributed by atoms with E-state index in [1.165, 1.54) is 12.1 Å². The number of benzene rings is 1. The van der Waals surface area contributed by atoms with Gasteiger partial charge in [0.25, 0.3) is 5.91 Å². The number of anilines is 1. The molecule has 1 aromatic carbocycles. The number of halogens is 1. The molecule has 1 aliphatic rings. The molecule has 0 unspecified atom stereocenters. The van der Waals surface area contributed by atoms with Crippen LogP contribution in [0.5, 0.6) is 0 Å². The number of nitrogens with one attached hydrogen (secondary N) is 2. The van der Waals surface area contributed by atoms with Crippen molar-refractivity contribution < 1.29 is 9.18 Å². The average molecular weight is 299 g/mol. The first-order chi connectivity index (χ1) is 10.6. The first kappa shape index (κ1) is 14.5. The van der Waals surface area contributed by atoms with E-state index >= 15 is 0 Å². The molecule has 1 aromatic heterocycles. The van der Waals surface area contributed by atoms with Gasteiger partial charge in [-0.15, -0.1) is 0 Å². The molecule has 1 heterocycles. The fourth-order valence-electron chi connectivity index (χ4n) is 2.15. The Kier molecular flexibility index (Phi) is 4.04. The number of aryl methyl sites for hydroxylation is 1. The lowest BCUT2D eigenvalue weighted by atomic mass is 10.1. The molecule has 114 valence electrons. The maximum atomic E-state index is 13.2. The van der Waals surface area contributed by atoms with Crippen molar-refractivity contribution in [3.8, 4) is 0 Å². The van der Waals surface area contributed by atoms with Crippen molar-refractivity contribution in [1.29, 1.82) is 0 Å². The predicted molar refractivity (Wildman–Crippen MR) is 83.2 cm³/mol. The van der Waals surface area contributed by atoms with Gasteiger partial charge in [-0.2, -0.15) is 0 Å². The Morgan fingerprint density at radius 1 is 1.32 bits per heavy atom. The predicted octanol–water partition coefficient (Wildman–Crippen LogP) is 3.03. The minimum absolute atomic E-state index is 0.0810. The monoisotopic (exact) mass is 299 g/mol.